The Morgan fingerprint density at radius 2 is 1.70 bits per heavy atom. The lowest BCUT2D eigenvalue weighted by atomic mass is 9.85. The van der Waals surface area contributed by atoms with Gasteiger partial charge in [0.25, 0.3) is 0 Å². The molecule has 9 heteroatoms. The maximum absolute atomic E-state index is 9.77. The Hall–Kier alpha value is -3.53. The molecule has 0 saturated carbocycles. The number of H-pyrrole nitrogens is 1. The average Bonchev–Trinajstić information content (AvgIpc) is 3.29. The quantitative estimate of drug-likeness (QED) is 0.394. The third-order valence-electron chi connectivity index (χ3n) is 5.60. The van der Waals surface area contributed by atoms with Gasteiger partial charge in [0.15, 0.2) is 12.2 Å². The Bertz CT molecular complexity index is 1050. The van der Waals surface area contributed by atoms with Crippen molar-refractivity contribution in [3.63, 3.8) is 0 Å². The van der Waals surface area contributed by atoms with Crippen molar-refractivity contribution in [2.24, 2.45) is 0 Å². The zero-order chi connectivity index (χ0) is 24.0. The molecule has 1 aliphatic heterocycles. The Kier molecular flexibility index (Phi) is 7.94. The number of nitrogens with zero attached hydrogens (tertiary/aromatic N) is 2. The van der Waals surface area contributed by atoms with Crippen molar-refractivity contribution in [2.75, 3.05) is 13.6 Å². The van der Waals surface area contributed by atoms with Crippen LogP contribution in [0.4, 0.5) is 0 Å². The van der Waals surface area contributed by atoms with E-state index >= 15 is 0 Å². The molecule has 5 N–H and O–H groups in total. The number of carboxylic acids is 2. The number of benzene rings is 2. The maximum atomic E-state index is 9.77. The molecule has 0 aliphatic carbocycles. The maximum Gasteiger partial charge on any atom is 0.335 e. The van der Waals surface area contributed by atoms with Crippen molar-refractivity contribution >= 4 is 11.9 Å². The molecule has 0 fully saturated rings. The molecule has 1 aliphatic rings. The molecular formula is C24H27N3O6. The van der Waals surface area contributed by atoms with Crippen molar-refractivity contribution in [2.45, 2.75) is 31.1 Å². The molecule has 0 amide bonds. The smallest absolute Gasteiger partial charge is 0.335 e. The summed E-state index contributed by atoms with van der Waals surface area (Å²) < 4.78 is 0. The van der Waals surface area contributed by atoms with Crippen molar-refractivity contribution in [1.82, 2.24) is 15.1 Å². The highest BCUT2D eigenvalue weighted by Crippen LogP contribution is 2.35. The average molecular weight is 453 g/mol. The van der Waals surface area contributed by atoms with Crippen LogP contribution in [0.2, 0.25) is 0 Å². The van der Waals surface area contributed by atoms with Crippen LogP contribution >= 0.6 is 0 Å². The van der Waals surface area contributed by atoms with Crippen molar-refractivity contribution < 1.29 is 30.0 Å². The first-order valence-corrected chi connectivity index (χ1v) is 10.4. The largest absolute Gasteiger partial charge is 0.479 e. The molecule has 33 heavy (non-hydrogen) atoms. The number of aromatic amines is 1. The topological polar surface area (TPSA) is 147 Å². The van der Waals surface area contributed by atoms with Crippen LogP contribution in [0, 0.1) is 0 Å². The fourth-order valence-electron chi connectivity index (χ4n) is 3.85. The highest BCUT2D eigenvalue weighted by Gasteiger charge is 2.29. The van der Waals surface area contributed by atoms with Gasteiger partial charge in [0.2, 0.25) is 0 Å². The fraction of sp³-hybridized carbons (Fsp3) is 0.292. The van der Waals surface area contributed by atoms with E-state index in [4.69, 9.17) is 20.4 Å². The second-order valence-electron chi connectivity index (χ2n) is 7.96. The molecule has 174 valence electrons. The van der Waals surface area contributed by atoms with E-state index in [1.807, 2.05) is 12.4 Å². The molecule has 2 heterocycles. The van der Waals surface area contributed by atoms with Crippen LogP contribution in [0.1, 0.15) is 29.0 Å². The van der Waals surface area contributed by atoms with Gasteiger partial charge in [-0.2, -0.15) is 5.10 Å². The molecule has 0 radical (unpaired) electrons. The zero-order valence-corrected chi connectivity index (χ0v) is 18.1. The summed E-state index contributed by atoms with van der Waals surface area (Å²) >= 11 is 0. The summed E-state index contributed by atoms with van der Waals surface area (Å²) in [6.07, 6.45) is 0.474. The first-order chi connectivity index (χ1) is 15.8. The summed E-state index contributed by atoms with van der Waals surface area (Å²) in [4.78, 5) is 22.0. The summed E-state index contributed by atoms with van der Waals surface area (Å²) in [7, 11) is 2.21. The van der Waals surface area contributed by atoms with Gasteiger partial charge >= 0.3 is 11.9 Å². The number of hydrogen-bond donors (Lipinski definition) is 5. The highest BCUT2D eigenvalue weighted by molar-refractivity contribution is 5.83. The van der Waals surface area contributed by atoms with E-state index in [-0.39, 0.29) is 0 Å². The fourth-order valence-corrected chi connectivity index (χ4v) is 3.85. The van der Waals surface area contributed by atoms with Gasteiger partial charge in [-0.1, -0.05) is 42.5 Å². The van der Waals surface area contributed by atoms with Crippen LogP contribution in [0.25, 0.3) is 11.1 Å². The molecule has 3 aromatic rings. The number of aliphatic carboxylic acids is 2. The van der Waals surface area contributed by atoms with Crippen LogP contribution < -0.4 is 0 Å². The summed E-state index contributed by atoms with van der Waals surface area (Å²) in [5.74, 6) is -3.06. The van der Waals surface area contributed by atoms with E-state index in [1.54, 1.807) is 0 Å². The van der Waals surface area contributed by atoms with Crippen LogP contribution in [-0.2, 0) is 16.1 Å². The summed E-state index contributed by atoms with van der Waals surface area (Å²) in [6.45, 7) is 2.12. The molecule has 0 bridgehead atoms. The Morgan fingerprint density at radius 1 is 1.03 bits per heavy atom. The van der Waals surface area contributed by atoms with Gasteiger partial charge in [0.05, 0.1) is 6.20 Å². The summed E-state index contributed by atoms with van der Waals surface area (Å²) in [6, 6.07) is 17.8. The van der Waals surface area contributed by atoms with Crippen LogP contribution in [0.3, 0.4) is 0 Å². The van der Waals surface area contributed by atoms with Crippen molar-refractivity contribution in [3.8, 4) is 11.1 Å². The van der Waals surface area contributed by atoms with Gasteiger partial charge < -0.3 is 25.3 Å². The number of hydrogen-bond acceptors (Lipinski definition) is 6. The molecular weight excluding hydrogens is 426 g/mol. The molecule has 1 unspecified atom stereocenters. The van der Waals surface area contributed by atoms with Gasteiger partial charge in [-0.15, -0.1) is 0 Å². The molecule has 9 nitrogen and oxygen atoms in total. The number of carbonyl (C=O) groups is 2. The van der Waals surface area contributed by atoms with E-state index in [1.165, 1.54) is 28.7 Å². The van der Waals surface area contributed by atoms with Gasteiger partial charge in [-0.25, -0.2) is 9.59 Å². The van der Waals surface area contributed by atoms with Gasteiger partial charge in [-0.05, 0) is 48.3 Å². The highest BCUT2D eigenvalue weighted by atomic mass is 16.4. The van der Waals surface area contributed by atoms with E-state index in [9.17, 15) is 9.59 Å². The van der Waals surface area contributed by atoms with Gasteiger partial charge in [-0.3, -0.25) is 5.10 Å². The number of carboxylic acid groups (broad SMARTS) is 2. The van der Waals surface area contributed by atoms with E-state index in [0.717, 1.165) is 18.7 Å². The van der Waals surface area contributed by atoms with Crippen molar-refractivity contribution in [3.05, 3.63) is 77.6 Å². The predicted octanol–water partition coefficient (Wildman–Crippen LogP) is 1.92. The predicted molar refractivity (Wildman–Crippen MR) is 121 cm³/mol. The standard InChI is InChI=1S/C20H21N3.C4H6O6/c1-23-10-9-20(15-5-3-2-4-6-15)19-8-7-16(11-17(19)14-23)18-12-21-22-13-18;5-1(3(7)8)2(6)4(9)10/h2-8,11-13,20H,9-10,14H2,1H3,(H,21,22);1-2,5-6H,(H,7,8)(H,9,10)/t;1-,2-/m.1/s1. The van der Waals surface area contributed by atoms with Crippen LogP contribution in [0.5, 0.6) is 0 Å². The SMILES string of the molecule is CN1CCC(c2ccccc2)c2ccc(-c3cn[nH]c3)cc2C1.O=C(O)[C@H](O)[C@@H](O)C(=O)O. The summed E-state index contributed by atoms with van der Waals surface area (Å²) in [5.41, 5.74) is 6.70. The number of aliphatic hydroxyl groups is 2. The lowest BCUT2D eigenvalue weighted by Crippen LogP contribution is -2.39. The van der Waals surface area contributed by atoms with Crippen LogP contribution in [0.15, 0.2) is 60.9 Å². The number of rotatable bonds is 5. The summed E-state index contributed by atoms with van der Waals surface area (Å²) in [5, 5.41) is 39.5. The van der Waals surface area contributed by atoms with Gasteiger partial charge in [0, 0.05) is 24.2 Å². The third kappa shape index (κ3) is 6.04. The first kappa shape index (κ1) is 24.1. The molecule has 0 saturated heterocycles. The minimum Gasteiger partial charge on any atom is -0.479 e. The minimum atomic E-state index is -2.27. The second kappa shape index (κ2) is 10.9. The number of nitrogens with one attached hydrogen (secondary N) is 1. The number of aliphatic hydroxyl groups excluding tert-OH is 2. The number of aromatic nitrogens is 2. The first-order valence-electron chi connectivity index (χ1n) is 10.4. The lowest BCUT2D eigenvalue weighted by Gasteiger charge is -2.18. The number of fused-ring (bicyclic) bond motifs is 1. The van der Waals surface area contributed by atoms with E-state index in [2.05, 4.69) is 70.7 Å². The van der Waals surface area contributed by atoms with Gasteiger partial charge in [0.1, 0.15) is 0 Å². The van der Waals surface area contributed by atoms with Crippen molar-refractivity contribution in [1.29, 1.82) is 0 Å². The van der Waals surface area contributed by atoms with E-state index < -0.39 is 24.1 Å². The Balaban J connectivity index is 0.000000262. The normalized spacial score (nSPS) is 17.6. The third-order valence-corrected chi connectivity index (χ3v) is 5.60. The van der Waals surface area contributed by atoms with Crippen LogP contribution in [-0.4, -0.2) is 73.3 Å². The molecule has 4 rings (SSSR count). The van der Waals surface area contributed by atoms with E-state index in [0.29, 0.717) is 5.92 Å². The molecule has 0 spiro atoms. The Morgan fingerprint density at radius 3 is 2.27 bits per heavy atom. The molecule has 1 aromatic heterocycles. The minimum absolute atomic E-state index is 0.481. The Labute approximate surface area is 190 Å². The molecule has 3 atom stereocenters. The lowest BCUT2D eigenvalue weighted by molar-refractivity contribution is -0.165. The molecule has 2 aromatic carbocycles. The monoisotopic (exact) mass is 453 g/mol. The second-order valence-corrected chi connectivity index (χ2v) is 7.96. The zero-order valence-electron chi connectivity index (χ0n) is 18.1.